The first-order valence-electron chi connectivity index (χ1n) is 10.9. The van der Waals surface area contributed by atoms with E-state index in [0.717, 1.165) is 11.1 Å². The summed E-state index contributed by atoms with van der Waals surface area (Å²) in [5.41, 5.74) is 1.38. The van der Waals surface area contributed by atoms with Gasteiger partial charge in [0, 0.05) is 12.6 Å². The highest BCUT2D eigenvalue weighted by molar-refractivity contribution is 5.77. The highest BCUT2D eigenvalue weighted by Gasteiger charge is 2.45. The molecule has 0 bridgehead atoms. The first-order chi connectivity index (χ1) is 15.3. The number of carbonyl (C=O) groups excluding carboxylic acids is 2. The maximum atomic E-state index is 13.0. The Hall–Kier alpha value is -3.12. The van der Waals surface area contributed by atoms with Crippen LogP contribution in [0.2, 0.25) is 0 Å². The number of hydrogen-bond donors (Lipinski definition) is 1. The molecule has 0 aliphatic carbocycles. The van der Waals surface area contributed by atoms with E-state index < -0.39 is 17.7 Å². The highest BCUT2D eigenvalue weighted by Crippen LogP contribution is 2.30. The van der Waals surface area contributed by atoms with Crippen LogP contribution < -0.4 is 5.32 Å². The summed E-state index contributed by atoms with van der Waals surface area (Å²) in [6.07, 6.45) is 1.67. The van der Waals surface area contributed by atoms with Gasteiger partial charge in [0.2, 0.25) is 0 Å². The van der Waals surface area contributed by atoms with Gasteiger partial charge in [-0.3, -0.25) is 9.69 Å². The van der Waals surface area contributed by atoms with Gasteiger partial charge in [-0.25, -0.2) is 4.79 Å². The van der Waals surface area contributed by atoms with Crippen LogP contribution in [-0.4, -0.2) is 40.7 Å². The van der Waals surface area contributed by atoms with Gasteiger partial charge in [-0.05, 0) is 38.3 Å². The molecular weight excluding hydrogens is 404 g/mol. The summed E-state index contributed by atoms with van der Waals surface area (Å²) in [5, 5.41) is 2.93. The Labute approximate surface area is 190 Å². The number of esters is 1. The fraction of sp³-hybridized carbons (Fsp3) is 0.385. The molecule has 0 radical (unpaired) electrons. The molecule has 3 rings (SSSR count). The topological polar surface area (TPSA) is 67.9 Å². The molecule has 0 unspecified atom stereocenters. The van der Waals surface area contributed by atoms with E-state index in [4.69, 9.17) is 9.47 Å². The van der Waals surface area contributed by atoms with Gasteiger partial charge in [0.05, 0.1) is 6.04 Å². The number of hydrogen-bond acceptors (Lipinski definition) is 5. The lowest BCUT2D eigenvalue weighted by Gasteiger charge is -2.30. The van der Waals surface area contributed by atoms with Gasteiger partial charge in [-0.1, -0.05) is 66.7 Å². The van der Waals surface area contributed by atoms with E-state index in [0.29, 0.717) is 13.0 Å². The summed E-state index contributed by atoms with van der Waals surface area (Å²) < 4.78 is 11.1. The third kappa shape index (κ3) is 6.44. The summed E-state index contributed by atoms with van der Waals surface area (Å²) in [5.74, 6) is -0.303. The smallest absolute Gasteiger partial charge is 0.407 e. The van der Waals surface area contributed by atoms with Crippen molar-refractivity contribution in [3.8, 4) is 0 Å². The molecule has 1 aliphatic heterocycles. The molecule has 2 aromatic carbocycles. The van der Waals surface area contributed by atoms with Crippen molar-refractivity contribution in [1.29, 1.82) is 0 Å². The third-order valence-electron chi connectivity index (χ3n) is 5.32. The van der Waals surface area contributed by atoms with Crippen molar-refractivity contribution in [2.24, 2.45) is 0 Å². The van der Waals surface area contributed by atoms with Gasteiger partial charge in [0.1, 0.15) is 18.2 Å². The Morgan fingerprint density at radius 1 is 1.06 bits per heavy atom. The molecule has 1 fully saturated rings. The molecule has 0 aromatic heterocycles. The van der Waals surface area contributed by atoms with Crippen LogP contribution in [0.25, 0.3) is 0 Å². The average molecular weight is 437 g/mol. The van der Waals surface area contributed by atoms with Crippen LogP contribution in [0.5, 0.6) is 0 Å². The Kier molecular flexibility index (Phi) is 7.70. The van der Waals surface area contributed by atoms with Gasteiger partial charge in [-0.2, -0.15) is 0 Å². The van der Waals surface area contributed by atoms with Crippen LogP contribution >= 0.6 is 0 Å². The minimum absolute atomic E-state index is 0.182. The quantitative estimate of drug-likeness (QED) is 0.513. The lowest BCUT2D eigenvalue weighted by atomic mass is 10.1. The predicted molar refractivity (Wildman–Crippen MR) is 124 cm³/mol. The summed E-state index contributed by atoms with van der Waals surface area (Å²) in [6.45, 7) is 10.2. The highest BCUT2D eigenvalue weighted by atomic mass is 16.6. The molecule has 32 heavy (non-hydrogen) atoms. The second-order valence-corrected chi connectivity index (χ2v) is 8.98. The molecule has 6 nitrogen and oxygen atoms in total. The zero-order valence-corrected chi connectivity index (χ0v) is 19.0. The summed E-state index contributed by atoms with van der Waals surface area (Å²) in [6, 6.07) is 18.4. The Balaban J connectivity index is 1.73. The molecule has 2 aromatic rings. The number of nitrogens with one attached hydrogen (secondary N) is 1. The van der Waals surface area contributed by atoms with Gasteiger partial charge >= 0.3 is 12.1 Å². The number of ether oxygens (including phenoxy) is 2. The first kappa shape index (κ1) is 23.5. The predicted octanol–water partition coefficient (Wildman–Crippen LogP) is 4.45. The van der Waals surface area contributed by atoms with Gasteiger partial charge < -0.3 is 14.8 Å². The van der Waals surface area contributed by atoms with Crippen LogP contribution in [0, 0.1) is 0 Å². The van der Waals surface area contributed by atoms with E-state index in [1.54, 1.807) is 6.08 Å². The molecule has 1 heterocycles. The largest absolute Gasteiger partial charge is 0.459 e. The van der Waals surface area contributed by atoms with Crippen LogP contribution in [0.4, 0.5) is 4.79 Å². The van der Waals surface area contributed by atoms with Crippen LogP contribution in [-0.2, 0) is 27.4 Å². The number of alkyl carbamates (subject to hydrolysis) is 1. The molecular formula is C26H32N2O4. The minimum atomic E-state index is -0.598. The van der Waals surface area contributed by atoms with Crippen molar-refractivity contribution < 1.29 is 19.1 Å². The van der Waals surface area contributed by atoms with Gasteiger partial charge in [-0.15, -0.1) is 6.58 Å². The van der Waals surface area contributed by atoms with E-state index in [1.165, 1.54) is 0 Å². The Morgan fingerprint density at radius 3 is 2.22 bits per heavy atom. The number of benzene rings is 2. The SMILES string of the molecule is C=C[C@H]1[C@H](NC(=O)OCc2ccccc2)C[C@H](C(=O)OC(C)(C)C)N1Cc1ccccc1. The average Bonchev–Trinajstić information content (AvgIpc) is 3.09. The summed E-state index contributed by atoms with van der Waals surface area (Å²) >= 11 is 0. The molecule has 1 N–H and O–H groups in total. The van der Waals surface area contributed by atoms with Gasteiger partial charge in [0.15, 0.2) is 0 Å². The second-order valence-electron chi connectivity index (χ2n) is 8.98. The standard InChI is InChI=1S/C26H32N2O4/c1-5-22-21(27-25(30)31-18-20-14-10-7-11-15-20)16-23(24(29)32-26(2,3)4)28(22)17-19-12-8-6-9-13-19/h5-15,21-23H,1,16-18H2,2-4H3,(H,27,30)/t21-,22+,23-/m1/s1. The molecule has 1 saturated heterocycles. The van der Waals surface area contributed by atoms with Crippen LogP contribution in [0.1, 0.15) is 38.3 Å². The number of carbonyl (C=O) groups is 2. The van der Waals surface area contributed by atoms with E-state index >= 15 is 0 Å². The van der Waals surface area contributed by atoms with Crippen molar-refractivity contribution in [2.75, 3.05) is 0 Å². The Morgan fingerprint density at radius 2 is 1.66 bits per heavy atom. The second kappa shape index (κ2) is 10.5. The molecule has 3 atom stereocenters. The van der Waals surface area contributed by atoms with Crippen molar-refractivity contribution in [3.05, 3.63) is 84.4 Å². The Bertz CT molecular complexity index is 908. The van der Waals surface area contributed by atoms with Crippen molar-refractivity contribution in [3.63, 3.8) is 0 Å². The monoisotopic (exact) mass is 436 g/mol. The van der Waals surface area contributed by atoms with E-state index in [9.17, 15) is 9.59 Å². The molecule has 0 spiro atoms. The zero-order valence-electron chi connectivity index (χ0n) is 19.0. The molecule has 0 saturated carbocycles. The molecule has 1 amide bonds. The fourth-order valence-electron chi connectivity index (χ4n) is 3.93. The maximum absolute atomic E-state index is 13.0. The maximum Gasteiger partial charge on any atom is 0.407 e. The van der Waals surface area contributed by atoms with Crippen molar-refractivity contribution in [1.82, 2.24) is 10.2 Å². The molecule has 170 valence electrons. The van der Waals surface area contributed by atoms with Crippen molar-refractivity contribution >= 4 is 12.1 Å². The normalized spacial score (nSPS) is 21.0. The summed E-state index contributed by atoms with van der Waals surface area (Å²) in [4.78, 5) is 27.6. The molecule has 6 heteroatoms. The fourth-order valence-corrected chi connectivity index (χ4v) is 3.93. The third-order valence-corrected chi connectivity index (χ3v) is 5.32. The first-order valence-corrected chi connectivity index (χ1v) is 10.9. The van der Waals surface area contributed by atoms with E-state index in [1.807, 2.05) is 86.3 Å². The van der Waals surface area contributed by atoms with Gasteiger partial charge in [0.25, 0.3) is 0 Å². The lowest BCUT2D eigenvalue weighted by molar-refractivity contribution is -0.160. The van der Waals surface area contributed by atoms with Crippen LogP contribution in [0.15, 0.2) is 73.3 Å². The zero-order chi connectivity index (χ0) is 23.1. The number of nitrogens with zero attached hydrogens (tertiary/aromatic N) is 1. The van der Waals surface area contributed by atoms with Crippen molar-refractivity contribution in [2.45, 2.75) is 64.1 Å². The summed E-state index contributed by atoms with van der Waals surface area (Å²) in [7, 11) is 0. The van der Waals surface area contributed by atoms with E-state index in [2.05, 4.69) is 11.9 Å². The van der Waals surface area contributed by atoms with Crippen LogP contribution in [0.3, 0.4) is 0 Å². The lowest BCUT2D eigenvalue weighted by Crippen LogP contribution is -2.45. The number of rotatable bonds is 7. The number of amides is 1. The number of likely N-dealkylation sites (tertiary alicyclic amines) is 1. The van der Waals surface area contributed by atoms with E-state index in [-0.39, 0.29) is 24.7 Å². The molecule has 1 aliphatic rings. The minimum Gasteiger partial charge on any atom is -0.459 e.